The van der Waals surface area contributed by atoms with E-state index in [1.54, 1.807) is 12.1 Å². The minimum atomic E-state index is -0.382. The molecule has 0 bridgehead atoms. The maximum Gasteiger partial charge on any atom is 0.269 e. The smallest absolute Gasteiger partial charge is 0.269 e. The molecule has 0 spiro atoms. The first kappa shape index (κ1) is 16.9. The van der Waals surface area contributed by atoms with Crippen LogP contribution in [0.15, 0.2) is 60.7 Å². The minimum absolute atomic E-state index is 0.0468. The van der Waals surface area contributed by atoms with Crippen molar-refractivity contribution in [3.8, 4) is 5.75 Å². The first-order chi connectivity index (χ1) is 13.6. The van der Waals surface area contributed by atoms with Crippen molar-refractivity contribution in [3.05, 3.63) is 81.9 Å². The molecule has 0 saturated heterocycles. The topological polar surface area (TPSA) is 69.4 Å². The second-order valence-electron chi connectivity index (χ2n) is 7.57. The summed E-state index contributed by atoms with van der Waals surface area (Å²) in [6.07, 6.45) is 2.01. The number of nitrogens with zero attached hydrogens (tertiary/aromatic N) is 1. The molecular weight excluding hydrogens is 354 g/mol. The molecule has 1 fully saturated rings. The third-order valence-corrected chi connectivity index (χ3v) is 6.00. The van der Waals surface area contributed by atoms with Gasteiger partial charge in [0.05, 0.1) is 10.8 Å². The largest absolute Gasteiger partial charge is 0.489 e. The molecule has 5 nitrogen and oxygen atoms in total. The molecule has 28 heavy (non-hydrogen) atoms. The van der Waals surface area contributed by atoms with Crippen LogP contribution in [0.25, 0.3) is 10.8 Å². The maximum absolute atomic E-state index is 13.0. The quantitative estimate of drug-likeness (QED) is 0.468. The molecule has 2 aliphatic rings. The van der Waals surface area contributed by atoms with E-state index in [1.807, 2.05) is 42.5 Å². The van der Waals surface area contributed by atoms with Crippen LogP contribution in [0.1, 0.15) is 36.3 Å². The van der Waals surface area contributed by atoms with Crippen LogP contribution in [0.4, 0.5) is 5.69 Å². The fourth-order valence-corrected chi connectivity index (χ4v) is 4.81. The van der Waals surface area contributed by atoms with Gasteiger partial charge in [0.2, 0.25) is 0 Å². The van der Waals surface area contributed by atoms with Crippen LogP contribution in [0, 0.1) is 16.0 Å². The lowest BCUT2D eigenvalue weighted by atomic mass is 9.68. The Morgan fingerprint density at radius 2 is 1.89 bits per heavy atom. The Hall–Kier alpha value is -3.21. The van der Waals surface area contributed by atoms with E-state index in [-0.39, 0.29) is 34.3 Å². The van der Waals surface area contributed by atoms with E-state index in [0.29, 0.717) is 6.42 Å². The average molecular weight is 373 g/mol. The van der Waals surface area contributed by atoms with Crippen molar-refractivity contribution < 1.29 is 14.5 Å². The molecular formula is C23H19NO4. The van der Waals surface area contributed by atoms with Crippen LogP contribution in [-0.2, 0) is 4.79 Å². The number of fused-ring (bicyclic) bond motifs is 4. The van der Waals surface area contributed by atoms with Crippen LogP contribution < -0.4 is 4.74 Å². The van der Waals surface area contributed by atoms with Gasteiger partial charge in [0.1, 0.15) is 17.6 Å². The van der Waals surface area contributed by atoms with Crippen molar-refractivity contribution in [2.75, 3.05) is 0 Å². The van der Waals surface area contributed by atoms with Gasteiger partial charge in [-0.2, -0.15) is 0 Å². The molecule has 1 aliphatic carbocycles. The molecule has 0 aromatic heterocycles. The number of rotatable bonds is 2. The van der Waals surface area contributed by atoms with Gasteiger partial charge in [-0.15, -0.1) is 0 Å². The molecule has 0 amide bonds. The summed E-state index contributed by atoms with van der Waals surface area (Å²) in [6, 6.07) is 18.7. The number of nitro benzene ring substituents is 1. The SMILES string of the molecule is O=C1CCCC2Oc3ccc4ccccc4c3C(c3cccc([N+](=O)[O-])c3)C12. The molecule has 1 heterocycles. The van der Waals surface area contributed by atoms with E-state index in [2.05, 4.69) is 0 Å². The highest BCUT2D eigenvalue weighted by molar-refractivity contribution is 5.92. The summed E-state index contributed by atoms with van der Waals surface area (Å²) in [5.74, 6) is 0.416. The Bertz CT molecular complexity index is 1110. The van der Waals surface area contributed by atoms with Crippen LogP contribution >= 0.6 is 0 Å². The van der Waals surface area contributed by atoms with Crippen molar-refractivity contribution in [2.45, 2.75) is 31.3 Å². The van der Waals surface area contributed by atoms with Gasteiger partial charge in [-0.05, 0) is 35.2 Å². The van der Waals surface area contributed by atoms with Gasteiger partial charge in [0.15, 0.2) is 0 Å². The Labute approximate surface area is 162 Å². The van der Waals surface area contributed by atoms with Gasteiger partial charge in [-0.3, -0.25) is 14.9 Å². The number of non-ortho nitro benzene ring substituents is 1. The second-order valence-corrected chi connectivity index (χ2v) is 7.57. The Morgan fingerprint density at radius 1 is 1.04 bits per heavy atom. The van der Waals surface area contributed by atoms with E-state index >= 15 is 0 Å². The van der Waals surface area contributed by atoms with Crippen LogP contribution in [0.3, 0.4) is 0 Å². The Kier molecular flexibility index (Phi) is 3.90. The fourth-order valence-electron chi connectivity index (χ4n) is 4.81. The molecule has 5 rings (SSSR count). The highest BCUT2D eigenvalue weighted by atomic mass is 16.6. The summed E-state index contributed by atoms with van der Waals surface area (Å²) in [6.45, 7) is 0. The number of ether oxygens (including phenoxy) is 1. The molecule has 140 valence electrons. The van der Waals surface area contributed by atoms with E-state index < -0.39 is 0 Å². The Balaban J connectivity index is 1.79. The molecule has 0 N–H and O–H groups in total. The van der Waals surface area contributed by atoms with Gasteiger partial charge in [-0.25, -0.2) is 0 Å². The van der Waals surface area contributed by atoms with Crippen molar-refractivity contribution in [3.63, 3.8) is 0 Å². The molecule has 3 unspecified atom stereocenters. The highest BCUT2D eigenvalue weighted by Gasteiger charge is 2.45. The summed E-state index contributed by atoms with van der Waals surface area (Å²) in [5.41, 5.74) is 1.82. The van der Waals surface area contributed by atoms with Gasteiger partial charge < -0.3 is 4.74 Å². The monoisotopic (exact) mass is 373 g/mol. The van der Waals surface area contributed by atoms with Gasteiger partial charge >= 0.3 is 0 Å². The number of Topliss-reactive ketones (excluding diaryl/α,β-unsaturated/α-hetero) is 1. The number of benzene rings is 3. The zero-order chi connectivity index (χ0) is 19.3. The zero-order valence-electron chi connectivity index (χ0n) is 15.2. The lowest BCUT2D eigenvalue weighted by Crippen LogP contribution is -2.44. The number of hydrogen-bond acceptors (Lipinski definition) is 4. The minimum Gasteiger partial charge on any atom is -0.489 e. The summed E-state index contributed by atoms with van der Waals surface area (Å²) in [5, 5.41) is 13.5. The summed E-state index contributed by atoms with van der Waals surface area (Å²) in [7, 11) is 0. The molecule has 1 saturated carbocycles. The van der Waals surface area contributed by atoms with Crippen molar-refractivity contribution >= 4 is 22.2 Å². The molecule has 5 heteroatoms. The fraction of sp³-hybridized carbons (Fsp3) is 0.261. The summed E-state index contributed by atoms with van der Waals surface area (Å²) < 4.78 is 6.29. The van der Waals surface area contributed by atoms with E-state index in [4.69, 9.17) is 4.74 Å². The van der Waals surface area contributed by atoms with Crippen LogP contribution in [0.5, 0.6) is 5.75 Å². The van der Waals surface area contributed by atoms with E-state index in [1.165, 1.54) is 6.07 Å². The predicted octanol–water partition coefficient (Wildman–Crippen LogP) is 5.01. The average Bonchev–Trinajstić information content (AvgIpc) is 2.72. The number of carbonyl (C=O) groups is 1. The Morgan fingerprint density at radius 3 is 2.75 bits per heavy atom. The molecule has 1 aliphatic heterocycles. The van der Waals surface area contributed by atoms with E-state index in [9.17, 15) is 14.9 Å². The first-order valence-electron chi connectivity index (χ1n) is 9.59. The van der Waals surface area contributed by atoms with Gasteiger partial charge in [-0.1, -0.05) is 42.5 Å². The molecule has 3 atom stereocenters. The van der Waals surface area contributed by atoms with Gasteiger partial charge in [0, 0.05) is 30.0 Å². The standard InChI is InChI=1S/C23H19NO4/c25-18-9-4-10-19-23(18)21(15-6-3-7-16(13-15)24(26)27)22-17-8-2-1-5-14(17)11-12-20(22)28-19/h1-3,5-8,11-13,19,21,23H,4,9-10H2. The molecule has 3 aromatic carbocycles. The third kappa shape index (κ3) is 2.58. The lowest BCUT2D eigenvalue weighted by Gasteiger charge is -2.42. The second kappa shape index (κ2) is 6.44. The van der Waals surface area contributed by atoms with Crippen molar-refractivity contribution in [1.29, 1.82) is 0 Å². The zero-order valence-corrected chi connectivity index (χ0v) is 15.2. The highest BCUT2D eigenvalue weighted by Crippen LogP contribution is 2.50. The third-order valence-electron chi connectivity index (χ3n) is 6.00. The number of ketones is 1. The maximum atomic E-state index is 13.0. The predicted molar refractivity (Wildman–Crippen MR) is 106 cm³/mol. The summed E-state index contributed by atoms with van der Waals surface area (Å²) >= 11 is 0. The molecule has 0 radical (unpaired) electrons. The summed E-state index contributed by atoms with van der Waals surface area (Å²) in [4.78, 5) is 23.9. The van der Waals surface area contributed by atoms with Crippen LogP contribution in [-0.4, -0.2) is 16.8 Å². The molecule has 3 aromatic rings. The number of nitro groups is 1. The van der Waals surface area contributed by atoms with Gasteiger partial charge in [0.25, 0.3) is 5.69 Å². The number of hydrogen-bond donors (Lipinski definition) is 0. The lowest BCUT2D eigenvalue weighted by molar-refractivity contribution is -0.384. The van der Waals surface area contributed by atoms with E-state index in [0.717, 1.165) is 40.5 Å². The van der Waals surface area contributed by atoms with Crippen molar-refractivity contribution in [2.24, 2.45) is 5.92 Å². The number of carbonyl (C=O) groups excluding carboxylic acids is 1. The normalized spacial score (nSPS) is 23.6. The van der Waals surface area contributed by atoms with Crippen molar-refractivity contribution in [1.82, 2.24) is 0 Å². The first-order valence-corrected chi connectivity index (χ1v) is 9.59. The van der Waals surface area contributed by atoms with Crippen LogP contribution in [0.2, 0.25) is 0 Å².